The Bertz CT molecular complexity index is 1310. The molecule has 2 aromatic carbocycles. The molecule has 9 nitrogen and oxygen atoms in total. The number of aromatic nitrogens is 2. The maximum absolute atomic E-state index is 13.7. The Hall–Kier alpha value is -3.38. The van der Waals surface area contributed by atoms with Crippen molar-refractivity contribution < 1.29 is 31.3 Å². The number of carbonyl (C=O) groups is 1. The molecule has 1 atom stereocenters. The minimum atomic E-state index is -4.09. The molecule has 180 valence electrons. The minimum Gasteiger partial charge on any atom is -0.460 e. The van der Waals surface area contributed by atoms with Crippen LogP contribution in [0.25, 0.3) is 0 Å². The van der Waals surface area contributed by atoms with Crippen LogP contribution in [-0.4, -0.2) is 42.6 Å². The zero-order valence-corrected chi connectivity index (χ0v) is 19.2. The van der Waals surface area contributed by atoms with Gasteiger partial charge in [-0.25, -0.2) is 26.7 Å². The van der Waals surface area contributed by atoms with Gasteiger partial charge >= 0.3 is 12.0 Å². The van der Waals surface area contributed by atoms with E-state index in [1.165, 1.54) is 24.3 Å². The van der Waals surface area contributed by atoms with Crippen molar-refractivity contribution in [2.75, 3.05) is 17.9 Å². The van der Waals surface area contributed by atoms with E-state index in [0.29, 0.717) is 25.1 Å². The number of anilines is 1. The van der Waals surface area contributed by atoms with E-state index in [4.69, 9.17) is 9.26 Å². The number of halogens is 2. The second kappa shape index (κ2) is 9.47. The van der Waals surface area contributed by atoms with E-state index in [2.05, 4.69) is 14.9 Å². The number of fused-ring (bicyclic) bond motifs is 1. The van der Waals surface area contributed by atoms with Crippen molar-refractivity contribution in [3.8, 4) is 0 Å². The van der Waals surface area contributed by atoms with Gasteiger partial charge in [-0.3, -0.25) is 4.90 Å². The zero-order chi connectivity index (χ0) is 24.5. The fourth-order valence-electron chi connectivity index (χ4n) is 3.80. The maximum Gasteiger partial charge on any atom is 0.380 e. The van der Waals surface area contributed by atoms with Crippen LogP contribution in [0.15, 0.2) is 45.8 Å². The van der Waals surface area contributed by atoms with Crippen LogP contribution in [0.3, 0.4) is 0 Å². The average molecular weight is 493 g/mol. The SMILES string of the molecule is CCOC(=O)c1noc(NS(=O)(=O)c2ccc3c(c2)CN(C(C)c2cc(F)cc(F)c2)CC3)n1. The Morgan fingerprint density at radius 3 is 2.65 bits per heavy atom. The summed E-state index contributed by atoms with van der Waals surface area (Å²) in [4.78, 5) is 17.3. The number of hydrogen-bond acceptors (Lipinski definition) is 8. The lowest BCUT2D eigenvalue weighted by Crippen LogP contribution is -2.33. The highest BCUT2D eigenvalue weighted by molar-refractivity contribution is 7.92. The molecule has 0 radical (unpaired) electrons. The van der Waals surface area contributed by atoms with E-state index in [1.807, 2.05) is 11.8 Å². The normalized spacial score (nSPS) is 14.9. The van der Waals surface area contributed by atoms with Gasteiger partial charge < -0.3 is 9.26 Å². The molecule has 1 unspecified atom stereocenters. The van der Waals surface area contributed by atoms with Gasteiger partial charge in [0, 0.05) is 25.2 Å². The number of carbonyl (C=O) groups excluding carboxylic acids is 1. The molecular weight excluding hydrogens is 470 g/mol. The molecular formula is C22H22F2N4O5S. The molecule has 1 aliphatic heterocycles. The number of esters is 1. The molecule has 34 heavy (non-hydrogen) atoms. The van der Waals surface area contributed by atoms with E-state index < -0.39 is 39.5 Å². The zero-order valence-electron chi connectivity index (χ0n) is 18.4. The van der Waals surface area contributed by atoms with E-state index in [0.717, 1.165) is 17.2 Å². The van der Waals surface area contributed by atoms with Crippen molar-refractivity contribution >= 4 is 22.0 Å². The smallest absolute Gasteiger partial charge is 0.380 e. The first-order valence-corrected chi connectivity index (χ1v) is 12.0. The molecule has 0 spiro atoms. The summed E-state index contributed by atoms with van der Waals surface area (Å²) < 4.78 is 64.7. The maximum atomic E-state index is 13.7. The number of rotatable bonds is 7. The molecule has 3 aromatic rings. The van der Waals surface area contributed by atoms with Gasteiger partial charge in [-0.1, -0.05) is 6.07 Å². The summed E-state index contributed by atoms with van der Waals surface area (Å²) in [5.41, 5.74) is 2.26. The van der Waals surface area contributed by atoms with Crippen molar-refractivity contribution in [1.82, 2.24) is 15.0 Å². The third-order valence-electron chi connectivity index (χ3n) is 5.55. The molecule has 2 heterocycles. The third kappa shape index (κ3) is 5.07. The lowest BCUT2D eigenvalue weighted by molar-refractivity contribution is 0.0508. The average Bonchev–Trinajstić information content (AvgIpc) is 3.25. The number of nitrogens with zero attached hydrogens (tertiary/aromatic N) is 3. The molecule has 0 saturated carbocycles. The van der Waals surface area contributed by atoms with E-state index in [-0.39, 0.29) is 17.5 Å². The second-order valence-corrected chi connectivity index (χ2v) is 9.46. The van der Waals surface area contributed by atoms with Crippen LogP contribution in [0.5, 0.6) is 0 Å². The van der Waals surface area contributed by atoms with Gasteiger partial charge in [-0.2, -0.15) is 4.98 Å². The Balaban J connectivity index is 1.52. The number of benzene rings is 2. The van der Waals surface area contributed by atoms with E-state index >= 15 is 0 Å². The fourth-order valence-corrected chi connectivity index (χ4v) is 4.77. The van der Waals surface area contributed by atoms with Gasteiger partial charge in [0.2, 0.25) is 0 Å². The summed E-state index contributed by atoms with van der Waals surface area (Å²) in [6, 6.07) is 7.39. The largest absolute Gasteiger partial charge is 0.460 e. The van der Waals surface area contributed by atoms with Crippen molar-refractivity contribution in [3.05, 3.63) is 70.5 Å². The van der Waals surface area contributed by atoms with Crippen molar-refractivity contribution in [3.63, 3.8) is 0 Å². The molecule has 1 N–H and O–H groups in total. The monoisotopic (exact) mass is 492 g/mol. The number of sulfonamides is 1. The van der Waals surface area contributed by atoms with Crippen molar-refractivity contribution in [2.45, 2.75) is 37.8 Å². The standard InChI is InChI=1S/C22H22F2N4O5S/c1-3-32-21(29)20-25-22(33-26-20)27-34(30,31)19-5-4-14-6-7-28(12-16(14)10-19)13(2)15-8-17(23)11-18(24)9-15/h4-5,8-11,13H,3,6-7,12H2,1-2H3,(H,25,26,27). The Morgan fingerprint density at radius 2 is 1.94 bits per heavy atom. The summed E-state index contributed by atoms with van der Waals surface area (Å²) in [7, 11) is -4.09. The highest BCUT2D eigenvalue weighted by Crippen LogP contribution is 2.30. The summed E-state index contributed by atoms with van der Waals surface area (Å²) in [6.45, 7) is 4.60. The molecule has 0 amide bonds. The van der Waals surface area contributed by atoms with Gasteiger partial charge in [0.05, 0.1) is 11.5 Å². The predicted molar refractivity (Wildman–Crippen MR) is 116 cm³/mol. The molecule has 1 aromatic heterocycles. The Morgan fingerprint density at radius 1 is 1.21 bits per heavy atom. The Labute approximate surface area is 194 Å². The fraction of sp³-hybridized carbons (Fsp3) is 0.318. The van der Waals surface area contributed by atoms with Gasteiger partial charge in [0.1, 0.15) is 11.6 Å². The van der Waals surface area contributed by atoms with Gasteiger partial charge in [-0.15, -0.1) is 0 Å². The first-order chi connectivity index (χ1) is 16.2. The van der Waals surface area contributed by atoms with Crippen LogP contribution in [-0.2, 0) is 27.7 Å². The molecule has 0 aliphatic carbocycles. The van der Waals surface area contributed by atoms with Crippen LogP contribution in [0.2, 0.25) is 0 Å². The number of nitrogens with one attached hydrogen (secondary N) is 1. The molecule has 1 aliphatic rings. The highest BCUT2D eigenvalue weighted by Gasteiger charge is 2.26. The topological polar surface area (TPSA) is 115 Å². The predicted octanol–water partition coefficient (Wildman–Crippen LogP) is 3.44. The quantitative estimate of drug-likeness (QED) is 0.499. The van der Waals surface area contributed by atoms with E-state index in [1.54, 1.807) is 13.0 Å². The molecule has 0 bridgehead atoms. The van der Waals surface area contributed by atoms with Gasteiger partial charge in [-0.05, 0) is 66.4 Å². The van der Waals surface area contributed by atoms with Crippen molar-refractivity contribution in [1.29, 1.82) is 0 Å². The Kier molecular flexibility index (Phi) is 6.62. The third-order valence-corrected chi connectivity index (χ3v) is 6.87. The van der Waals surface area contributed by atoms with Crippen LogP contribution in [0.1, 0.15) is 47.2 Å². The summed E-state index contributed by atoms with van der Waals surface area (Å²) in [5.74, 6) is -2.53. The second-order valence-electron chi connectivity index (χ2n) is 7.78. The molecule has 0 fully saturated rings. The lowest BCUT2D eigenvalue weighted by Gasteiger charge is -2.34. The number of ether oxygens (including phenoxy) is 1. The summed E-state index contributed by atoms with van der Waals surface area (Å²) >= 11 is 0. The summed E-state index contributed by atoms with van der Waals surface area (Å²) in [6.07, 6.45) is 0.651. The van der Waals surface area contributed by atoms with Crippen LogP contribution in [0, 0.1) is 11.6 Å². The summed E-state index contributed by atoms with van der Waals surface area (Å²) in [5, 5.41) is 3.41. The van der Waals surface area contributed by atoms with Crippen LogP contribution in [0.4, 0.5) is 14.8 Å². The first kappa shape index (κ1) is 23.8. The molecule has 0 saturated heterocycles. The number of hydrogen-bond donors (Lipinski definition) is 1. The lowest BCUT2D eigenvalue weighted by atomic mass is 9.97. The van der Waals surface area contributed by atoms with Crippen LogP contribution >= 0.6 is 0 Å². The molecule has 4 rings (SSSR count). The van der Waals surface area contributed by atoms with E-state index in [9.17, 15) is 22.0 Å². The van der Waals surface area contributed by atoms with Crippen LogP contribution < -0.4 is 4.72 Å². The van der Waals surface area contributed by atoms with Gasteiger partial charge in [0.25, 0.3) is 15.8 Å². The van der Waals surface area contributed by atoms with Gasteiger partial charge in [0.15, 0.2) is 0 Å². The highest BCUT2D eigenvalue weighted by atomic mass is 32.2. The molecule has 12 heteroatoms. The first-order valence-electron chi connectivity index (χ1n) is 10.5. The minimum absolute atomic E-state index is 0.0339. The van der Waals surface area contributed by atoms with Crippen molar-refractivity contribution in [2.24, 2.45) is 0 Å².